The van der Waals surface area contributed by atoms with E-state index in [1.165, 1.54) is 18.4 Å². The smallest absolute Gasteiger partial charge is 0.333 e. The molecule has 0 aromatic carbocycles. The molecule has 0 fully saturated rings. The minimum Gasteiger partial charge on any atom is -0.462 e. The van der Waals surface area contributed by atoms with Crippen molar-refractivity contribution in [3.8, 4) is 0 Å². The summed E-state index contributed by atoms with van der Waals surface area (Å²) in [6.07, 6.45) is 5.83. The number of hydrogen-bond donors (Lipinski definition) is 0. The average molecular weight is 222 g/mol. The van der Waals surface area contributed by atoms with Crippen LogP contribution in [0.25, 0.3) is 0 Å². The van der Waals surface area contributed by atoms with E-state index in [0.29, 0.717) is 24.0 Å². The fourth-order valence-corrected chi connectivity index (χ4v) is 1.97. The van der Waals surface area contributed by atoms with Gasteiger partial charge in [0.25, 0.3) is 0 Å². The van der Waals surface area contributed by atoms with Gasteiger partial charge in [-0.2, -0.15) is 0 Å². The molecule has 0 heterocycles. The van der Waals surface area contributed by atoms with E-state index in [1.807, 2.05) is 0 Å². The number of rotatable bonds is 4. The molecule has 0 N–H and O–H groups in total. The van der Waals surface area contributed by atoms with Gasteiger partial charge in [0.05, 0.1) is 6.61 Å². The highest BCUT2D eigenvalue weighted by molar-refractivity contribution is 5.86. The van der Waals surface area contributed by atoms with Crippen LogP contribution in [0.15, 0.2) is 23.8 Å². The van der Waals surface area contributed by atoms with Gasteiger partial charge in [-0.1, -0.05) is 25.2 Å². The minimum atomic E-state index is -0.269. The molecule has 0 spiro atoms. The summed E-state index contributed by atoms with van der Waals surface area (Å²) in [6.45, 7) is 10.1. The van der Waals surface area contributed by atoms with Crippen LogP contribution in [-0.4, -0.2) is 12.6 Å². The van der Waals surface area contributed by atoms with E-state index >= 15 is 0 Å². The molecule has 0 saturated heterocycles. The Morgan fingerprint density at radius 3 is 2.88 bits per heavy atom. The first kappa shape index (κ1) is 13.0. The van der Waals surface area contributed by atoms with Crippen molar-refractivity contribution in [1.82, 2.24) is 0 Å². The lowest BCUT2D eigenvalue weighted by Crippen LogP contribution is -2.21. The molecule has 0 saturated carbocycles. The van der Waals surface area contributed by atoms with E-state index in [9.17, 15) is 4.79 Å². The summed E-state index contributed by atoms with van der Waals surface area (Å²) in [6, 6.07) is 0. The molecule has 0 aromatic rings. The van der Waals surface area contributed by atoms with Gasteiger partial charge in [0.2, 0.25) is 0 Å². The average Bonchev–Trinajstić information content (AvgIpc) is 2.26. The van der Waals surface area contributed by atoms with E-state index in [-0.39, 0.29) is 5.97 Å². The van der Waals surface area contributed by atoms with Crippen molar-refractivity contribution in [1.29, 1.82) is 0 Å². The summed E-state index contributed by atoms with van der Waals surface area (Å²) in [4.78, 5) is 11.2. The third-order valence-corrected chi connectivity index (χ3v) is 3.31. The largest absolute Gasteiger partial charge is 0.462 e. The van der Waals surface area contributed by atoms with E-state index < -0.39 is 0 Å². The molecule has 90 valence electrons. The van der Waals surface area contributed by atoms with Gasteiger partial charge >= 0.3 is 5.97 Å². The lowest BCUT2D eigenvalue weighted by atomic mass is 9.82. The van der Waals surface area contributed by atoms with Gasteiger partial charge in [0.1, 0.15) is 0 Å². The zero-order valence-corrected chi connectivity index (χ0v) is 10.6. The van der Waals surface area contributed by atoms with E-state index in [2.05, 4.69) is 26.5 Å². The van der Waals surface area contributed by atoms with Crippen molar-refractivity contribution in [3.05, 3.63) is 23.8 Å². The molecule has 2 atom stereocenters. The Morgan fingerprint density at radius 2 is 2.38 bits per heavy atom. The van der Waals surface area contributed by atoms with Crippen molar-refractivity contribution in [2.45, 2.75) is 40.0 Å². The van der Waals surface area contributed by atoms with Crippen molar-refractivity contribution in [3.63, 3.8) is 0 Å². The van der Waals surface area contributed by atoms with Gasteiger partial charge in [0, 0.05) is 5.57 Å². The number of carbonyl (C=O) groups excluding carboxylic acids is 1. The normalized spacial score (nSPS) is 22.2. The van der Waals surface area contributed by atoms with Gasteiger partial charge in [-0.3, -0.25) is 0 Å². The van der Waals surface area contributed by atoms with Crippen molar-refractivity contribution >= 4 is 5.97 Å². The molecule has 0 amide bonds. The van der Waals surface area contributed by atoms with Gasteiger partial charge in [-0.15, -0.1) is 0 Å². The highest BCUT2D eigenvalue weighted by Gasteiger charge is 2.20. The van der Waals surface area contributed by atoms with Crippen LogP contribution in [0.1, 0.15) is 40.0 Å². The van der Waals surface area contributed by atoms with E-state index in [4.69, 9.17) is 4.74 Å². The highest BCUT2D eigenvalue weighted by Crippen LogP contribution is 2.29. The Kier molecular flexibility index (Phi) is 4.78. The fraction of sp³-hybridized carbons (Fsp3) is 0.643. The topological polar surface area (TPSA) is 26.3 Å². The third-order valence-electron chi connectivity index (χ3n) is 3.31. The number of ether oxygens (including phenoxy) is 1. The zero-order chi connectivity index (χ0) is 12.1. The van der Waals surface area contributed by atoms with E-state index in [0.717, 1.165) is 6.42 Å². The molecule has 0 bridgehead atoms. The SMILES string of the molecule is C=C(C)C(=O)OCC(C)[C@H]1CC=C(C)CC1. The first-order valence-electron chi connectivity index (χ1n) is 5.99. The second kappa shape index (κ2) is 5.88. The fourth-order valence-electron chi connectivity index (χ4n) is 1.97. The quantitative estimate of drug-likeness (QED) is 0.413. The number of hydrogen-bond acceptors (Lipinski definition) is 2. The lowest BCUT2D eigenvalue weighted by molar-refractivity contribution is -0.140. The van der Waals surface area contributed by atoms with Crippen LogP contribution in [0.3, 0.4) is 0 Å². The maximum absolute atomic E-state index is 11.2. The minimum absolute atomic E-state index is 0.269. The van der Waals surface area contributed by atoms with Crippen LogP contribution in [0.5, 0.6) is 0 Å². The van der Waals surface area contributed by atoms with Crippen LogP contribution in [0.4, 0.5) is 0 Å². The number of allylic oxidation sites excluding steroid dienone is 2. The molecule has 1 aliphatic rings. The summed E-state index contributed by atoms with van der Waals surface area (Å²) >= 11 is 0. The third kappa shape index (κ3) is 3.84. The van der Waals surface area contributed by atoms with E-state index in [1.54, 1.807) is 6.92 Å². The second-order valence-corrected chi connectivity index (χ2v) is 4.94. The molecule has 0 radical (unpaired) electrons. The van der Waals surface area contributed by atoms with Crippen LogP contribution >= 0.6 is 0 Å². The molecule has 2 heteroatoms. The molecule has 0 aromatic heterocycles. The first-order valence-corrected chi connectivity index (χ1v) is 5.99. The highest BCUT2D eigenvalue weighted by atomic mass is 16.5. The van der Waals surface area contributed by atoms with Crippen LogP contribution in [0, 0.1) is 11.8 Å². The zero-order valence-electron chi connectivity index (χ0n) is 10.6. The summed E-state index contributed by atoms with van der Waals surface area (Å²) < 4.78 is 5.19. The molecule has 16 heavy (non-hydrogen) atoms. The van der Waals surface area contributed by atoms with Gasteiger partial charge in [0.15, 0.2) is 0 Å². The van der Waals surface area contributed by atoms with Gasteiger partial charge in [-0.25, -0.2) is 4.79 Å². The van der Waals surface area contributed by atoms with Crippen LogP contribution in [-0.2, 0) is 9.53 Å². The second-order valence-electron chi connectivity index (χ2n) is 4.94. The van der Waals surface area contributed by atoms with Crippen molar-refractivity contribution in [2.75, 3.05) is 6.61 Å². The molecule has 1 rings (SSSR count). The molecule has 1 unspecified atom stereocenters. The van der Waals surface area contributed by atoms with Crippen molar-refractivity contribution in [2.24, 2.45) is 11.8 Å². The Hall–Kier alpha value is -1.05. The van der Waals surface area contributed by atoms with Gasteiger partial charge in [-0.05, 0) is 44.9 Å². The summed E-state index contributed by atoms with van der Waals surface area (Å²) in [5.74, 6) is 0.823. The Morgan fingerprint density at radius 1 is 1.69 bits per heavy atom. The Balaban J connectivity index is 2.33. The predicted octanol–water partition coefficient (Wildman–Crippen LogP) is 3.49. The van der Waals surface area contributed by atoms with Gasteiger partial charge < -0.3 is 4.74 Å². The Labute approximate surface area is 98.4 Å². The molecule has 0 aliphatic heterocycles. The molecular weight excluding hydrogens is 200 g/mol. The maximum Gasteiger partial charge on any atom is 0.333 e. The Bertz CT molecular complexity index is 302. The molecule has 1 aliphatic carbocycles. The summed E-state index contributed by atoms with van der Waals surface area (Å²) in [7, 11) is 0. The number of esters is 1. The lowest BCUT2D eigenvalue weighted by Gasteiger charge is -2.26. The summed E-state index contributed by atoms with van der Waals surface area (Å²) in [5.41, 5.74) is 1.97. The van der Waals surface area contributed by atoms with Crippen LogP contribution < -0.4 is 0 Å². The molecule has 2 nitrogen and oxygen atoms in total. The number of carbonyl (C=O) groups is 1. The first-order chi connectivity index (χ1) is 7.50. The standard InChI is InChI=1S/C14H22O2/c1-10(2)14(15)16-9-12(4)13-7-5-11(3)6-8-13/h5,12-13H,1,6-9H2,2-4H3/t12?,13-/m0/s1. The monoisotopic (exact) mass is 222 g/mol. The molecular formula is C14H22O2. The van der Waals surface area contributed by atoms with Crippen molar-refractivity contribution < 1.29 is 9.53 Å². The predicted molar refractivity (Wildman–Crippen MR) is 66.0 cm³/mol. The summed E-state index contributed by atoms with van der Waals surface area (Å²) in [5, 5.41) is 0. The maximum atomic E-state index is 11.2. The van der Waals surface area contributed by atoms with Crippen LogP contribution in [0.2, 0.25) is 0 Å².